The molecule has 0 spiro atoms. The third-order valence-electron chi connectivity index (χ3n) is 20.5. The number of ketones is 5. The molecule has 7 amide bonds. The number of aliphatic hydroxyl groups is 2. The number of carboxylic acid groups (broad SMARTS) is 1. The number of aliphatic imine (C=N–C) groups is 2. The van der Waals surface area contributed by atoms with Gasteiger partial charge in [0.15, 0.2) is 35.1 Å². The monoisotopic (exact) mass is 1660 g/mol. The van der Waals surface area contributed by atoms with Gasteiger partial charge >= 0.3 is 5.97 Å². The van der Waals surface area contributed by atoms with Gasteiger partial charge in [-0.1, -0.05) is 123 Å². The van der Waals surface area contributed by atoms with E-state index in [0.717, 1.165) is 25.7 Å². The third kappa shape index (κ3) is 47.9. The van der Waals surface area contributed by atoms with Gasteiger partial charge in [0.25, 0.3) is 0 Å². The zero-order chi connectivity index (χ0) is 86.9. The zero-order valence-corrected chi connectivity index (χ0v) is 70.6. The minimum Gasteiger partial charge on any atom is -0.508 e. The number of hydrogen-bond donors (Lipinski definition) is 18. The number of Topliss-reactive ketones (excluding diaryl/α,β-unsaturated/α-hetero) is 5. The predicted molar refractivity (Wildman–Crippen MR) is 450 cm³/mol. The molecule has 0 unspecified atom stereocenters. The number of nitrogens with zero attached hydrogens (tertiary/aromatic N) is 2. The smallest absolute Gasteiger partial charge is 0.305 e. The fourth-order valence-corrected chi connectivity index (χ4v) is 14.2. The molecule has 660 valence electrons. The Labute approximate surface area is 690 Å². The molecular weight excluding hydrogens is 1510 g/mol. The van der Waals surface area contributed by atoms with Crippen LogP contribution in [0, 0.1) is 35.5 Å². The number of unbranched alkanes of at least 4 members (excludes halogenated alkanes) is 15. The molecule has 0 heterocycles. The molecule has 0 aromatic heterocycles. The molecule has 0 saturated heterocycles. The molecule has 0 aliphatic rings. The van der Waals surface area contributed by atoms with E-state index in [0.29, 0.717) is 63.6 Å². The lowest BCUT2D eigenvalue weighted by atomic mass is 9.87. The maximum atomic E-state index is 14.7. The Balaban J connectivity index is 3.54. The van der Waals surface area contributed by atoms with Crippen LogP contribution in [0.4, 0.5) is 0 Å². The minimum atomic E-state index is -1.86. The van der Waals surface area contributed by atoms with Crippen molar-refractivity contribution in [1.82, 2.24) is 31.9 Å². The number of aliphatic hydroxyl groups excluding tert-OH is 2. The van der Waals surface area contributed by atoms with Crippen molar-refractivity contribution in [1.29, 1.82) is 0 Å². The Morgan fingerprint density at radius 1 is 0.431 bits per heavy atom. The standard InChI is InChI=1S/C82H144N16O17S/c1-6-7-8-9-10-11-12-13-14-15-16-17-18-29-61(102)46-56(27-19-22-38-83)75(110)93-63(30-21-24-40-85)69(103)48-58(44-53(2)3)77(112)94-64(31-25-41-91-81(87)88)70(104)49-59(52-99)78(113)95-65(37-43-116-5)72(106)50-62(54(4)100)79(114)97-67(51-73(107)108)71(105)47-57(28-20-23-39-84)76(111)98-68(45-55-33-35-60(101)36-34-55)80(115)96-66(74(86)109)32-26-42-92-82(89)90/h33-36,53-54,56-59,62-68,99-101H,6-32,37-52,83-85H2,1-5H3,(H2,86,109)(H,93,110)(H,94,112)(H,95,113)(H,96,115)(H,97,114)(H,98,111)(H,107,108)(H4,87,88,91)(H4,89,90,92)/t54-,56-,57-,58-,59+,62+,63+,64+,65+,66+,67+,68+/m1/s1. The molecule has 0 bridgehead atoms. The minimum absolute atomic E-state index is 0.000875. The number of phenols is 1. The molecular formula is C82H144N16O17S. The van der Waals surface area contributed by atoms with Crippen LogP contribution in [-0.4, -0.2) is 202 Å². The fraction of sp³-hybridized carbons (Fsp3) is 0.744. The Morgan fingerprint density at radius 2 is 0.828 bits per heavy atom. The molecule has 116 heavy (non-hydrogen) atoms. The summed E-state index contributed by atoms with van der Waals surface area (Å²) in [6.45, 7) is 7.14. The average molecular weight is 1660 g/mol. The van der Waals surface area contributed by atoms with Crippen LogP contribution in [0.1, 0.15) is 258 Å². The Hall–Kier alpha value is -8.18. The first-order chi connectivity index (χ1) is 55.2. The maximum absolute atomic E-state index is 14.7. The van der Waals surface area contributed by atoms with E-state index in [1.165, 1.54) is 101 Å². The number of amides is 7. The lowest BCUT2D eigenvalue weighted by Gasteiger charge is -2.27. The number of aromatic hydroxyl groups is 1. The summed E-state index contributed by atoms with van der Waals surface area (Å²) in [6.07, 6.45) is 15.5. The summed E-state index contributed by atoms with van der Waals surface area (Å²) >= 11 is 1.28. The molecule has 1 aromatic rings. The van der Waals surface area contributed by atoms with Crippen LogP contribution in [-0.2, 0) is 68.7 Å². The highest BCUT2D eigenvalue weighted by Crippen LogP contribution is 2.25. The van der Waals surface area contributed by atoms with Gasteiger partial charge in [0.2, 0.25) is 41.4 Å². The highest BCUT2D eigenvalue weighted by Gasteiger charge is 2.39. The SMILES string of the molecule is CCCCCCCCCCCCCCCC(=O)C[C@@H](CCCCN)C(=O)N[C@@H](CCCCN)C(=O)C[C@@H](CC(C)C)C(=O)N[C@@H](CCCN=C(N)N)C(=O)C[C@@H](CO)C(=O)N[C@@H](CCSC)C(=O)C[C@H](C(=O)N[C@@H](CC(=O)O)C(=O)C[C@@H](CCCCN)C(=O)N[C@@H](Cc1ccc(O)cc1)C(=O)N[C@@H](CCCN=C(N)N)C(N)=O)[C@@H](C)O. The summed E-state index contributed by atoms with van der Waals surface area (Å²) in [5.41, 5.74) is 45.7. The molecule has 0 aliphatic heterocycles. The summed E-state index contributed by atoms with van der Waals surface area (Å²) in [4.78, 5) is 190. The molecule has 0 radical (unpaired) electrons. The Morgan fingerprint density at radius 3 is 1.28 bits per heavy atom. The van der Waals surface area contributed by atoms with Crippen molar-refractivity contribution in [2.75, 3.05) is 51.3 Å². The van der Waals surface area contributed by atoms with E-state index in [4.69, 9.17) is 45.9 Å². The highest BCUT2D eigenvalue weighted by molar-refractivity contribution is 7.98. The van der Waals surface area contributed by atoms with Gasteiger partial charge in [-0.25, -0.2) is 0 Å². The van der Waals surface area contributed by atoms with E-state index in [1.807, 2.05) is 13.8 Å². The van der Waals surface area contributed by atoms with Crippen molar-refractivity contribution in [3.8, 4) is 5.75 Å². The van der Waals surface area contributed by atoms with Crippen LogP contribution < -0.4 is 77.8 Å². The Bertz CT molecular complexity index is 3180. The average Bonchev–Trinajstić information content (AvgIpc) is 0.853. The first kappa shape index (κ1) is 106. The molecule has 1 rings (SSSR count). The van der Waals surface area contributed by atoms with Gasteiger partial charge in [-0.05, 0) is 152 Å². The normalized spacial score (nSPS) is 14.4. The van der Waals surface area contributed by atoms with Crippen molar-refractivity contribution in [2.24, 2.45) is 91.4 Å². The summed E-state index contributed by atoms with van der Waals surface area (Å²) in [5, 5.41) is 57.9. The van der Waals surface area contributed by atoms with Gasteiger partial charge in [0.1, 0.15) is 23.6 Å². The number of carbonyl (C=O) groups excluding carboxylic acids is 12. The Kier molecular flexibility index (Phi) is 57.5. The quantitative estimate of drug-likeness (QED) is 0.0250. The van der Waals surface area contributed by atoms with Crippen molar-refractivity contribution < 1.29 is 82.8 Å². The molecule has 12 atom stereocenters. The van der Waals surface area contributed by atoms with Crippen LogP contribution in [0.2, 0.25) is 0 Å². The number of benzene rings is 1. The second-order valence-electron chi connectivity index (χ2n) is 31.1. The van der Waals surface area contributed by atoms with Crippen LogP contribution in [0.25, 0.3) is 0 Å². The summed E-state index contributed by atoms with van der Waals surface area (Å²) in [6, 6.07) is -2.70. The zero-order valence-electron chi connectivity index (χ0n) is 69.7. The van der Waals surface area contributed by atoms with Crippen molar-refractivity contribution in [3.05, 3.63) is 29.8 Å². The number of phenolic OH excluding ortho intramolecular Hbond substituents is 1. The largest absolute Gasteiger partial charge is 0.508 e. The van der Waals surface area contributed by atoms with E-state index in [1.54, 1.807) is 6.26 Å². The molecule has 34 heteroatoms. The number of nitrogens with one attached hydrogen (secondary N) is 6. The highest BCUT2D eigenvalue weighted by atomic mass is 32.2. The van der Waals surface area contributed by atoms with Crippen LogP contribution in [0.15, 0.2) is 34.3 Å². The van der Waals surface area contributed by atoms with Crippen molar-refractivity contribution in [2.45, 2.75) is 301 Å². The van der Waals surface area contributed by atoms with Gasteiger partial charge in [0.05, 0.1) is 55.1 Å². The summed E-state index contributed by atoms with van der Waals surface area (Å²) in [7, 11) is 0. The number of nitrogens with two attached hydrogens (primary N) is 8. The third-order valence-corrected chi connectivity index (χ3v) is 21.1. The molecule has 1 aromatic carbocycles. The van der Waals surface area contributed by atoms with Gasteiger partial charge in [-0.15, -0.1) is 0 Å². The number of aliphatic carboxylic acids is 1. The number of carbonyl (C=O) groups is 13. The summed E-state index contributed by atoms with van der Waals surface area (Å²) in [5.74, 6) is -17.2. The van der Waals surface area contributed by atoms with Gasteiger partial charge in [0, 0.05) is 75.8 Å². The fourth-order valence-electron chi connectivity index (χ4n) is 13.7. The first-order valence-electron chi connectivity index (χ1n) is 42.0. The van der Waals surface area contributed by atoms with Gasteiger partial charge < -0.3 is 98.2 Å². The number of hydrogen-bond acceptors (Lipinski definition) is 22. The lowest BCUT2D eigenvalue weighted by molar-refractivity contribution is -0.142. The number of rotatable bonds is 72. The first-order valence-corrected chi connectivity index (χ1v) is 43.4. The number of primary amides is 1. The van der Waals surface area contributed by atoms with Gasteiger partial charge in [-0.3, -0.25) is 72.3 Å². The second kappa shape index (κ2) is 63.0. The van der Waals surface area contributed by atoms with E-state index in [-0.39, 0.29) is 132 Å². The molecule has 0 aliphatic carbocycles. The van der Waals surface area contributed by atoms with Crippen LogP contribution >= 0.6 is 11.8 Å². The van der Waals surface area contributed by atoms with Crippen molar-refractivity contribution in [3.63, 3.8) is 0 Å². The molecule has 26 N–H and O–H groups in total. The lowest BCUT2D eigenvalue weighted by Crippen LogP contribution is -2.55. The number of carboxylic acids is 1. The van der Waals surface area contributed by atoms with Crippen molar-refractivity contribution >= 4 is 99.9 Å². The number of thioether (sulfide) groups is 1. The molecule has 33 nitrogen and oxygen atoms in total. The van der Waals surface area contributed by atoms with E-state index >= 15 is 0 Å². The van der Waals surface area contributed by atoms with Crippen LogP contribution in [0.5, 0.6) is 5.75 Å². The second-order valence-corrected chi connectivity index (χ2v) is 32.1. The van der Waals surface area contributed by atoms with Crippen LogP contribution in [0.3, 0.4) is 0 Å². The van der Waals surface area contributed by atoms with E-state index in [2.05, 4.69) is 48.8 Å². The number of guanidine groups is 2. The summed E-state index contributed by atoms with van der Waals surface area (Å²) < 4.78 is 0. The molecule has 0 fully saturated rings. The predicted octanol–water partition coefficient (Wildman–Crippen LogP) is 3.83. The van der Waals surface area contributed by atoms with Gasteiger partial charge in [-0.2, -0.15) is 11.8 Å². The molecule has 0 saturated carbocycles. The van der Waals surface area contributed by atoms with E-state index < -0.39 is 175 Å². The van der Waals surface area contributed by atoms with E-state index in [9.17, 15) is 82.8 Å². The topological polar surface area (TPSA) is 608 Å². The maximum Gasteiger partial charge on any atom is 0.305 e.